The van der Waals surface area contributed by atoms with Gasteiger partial charge in [-0.2, -0.15) is 0 Å². The van der Waals surface area contributed by atoms with Gasteiger partial charge in [0, 0.05) is 18.9 Å². The van der Waals surface area contributed by atoms with Crippen molar-refractivity contribution in [1.82, 2.24) is 10.3 Å². The summed E-state index contributed by atoms with van der Waals surface area (Å²) in [5.41, 5.74) is 4.96. The number of aromatic nitrogens is 1. The molecule has 0 saturated carbocycles. The quantitative estimate of drug-likeness (QED) is 0.405. The minimum atomic E-state index is -1.54. The van der Waals surface area contributed by atoms with E-state index < -0.39 is 24.1 Å². The van der Waals surface area contributed by atoms with Crippen LogP contribution in [-0.4, -0.2) is 52.4 Å². The Morgan fingerprint density at radius 3 is 2.21 bits per heavy atom. The second-order valence-electron chi connectivity index (χ2n) is 7.78. The molecule has 0 saturated heterocycles. The molecule has 4 N–H and O–H groups in total. The summed E-state index contributed by atoms with van der Waals surface area (Å²) in [7, 11) is 0. The van der Waals surface area contributed by atoms with Gasteiger partial charge in [-0.25, -0.2) is 14.6 Å². The van der Waals surface area contributed by atoms with E-state index in [1.54, 1.807) is 0 Å². The van der Waals surface area contributed by atoms with Crippen molar-refractivity contribution >= 4 is 23.7 Å². The summed E-state index contributed by atoms with van der Waals surface area (Å²) in [6, 6.07) is 19.0. The van der Waals surface area contributed by atoms with Crippen LogP contribution < -0.4 is 10.6 Å². The van der Waals surface area contributed by atoms with Crippen molar-refractivity contribution in [3.05, 3.63) is 83.7 Å². The summed E-state index contributed by atoms with van der Waals surface area (Å²) in [6.45, 7) is 0.156. The van der Waals surface area contributed by atoms with E-state index in [1.807, 2.05) is 36.4 Å². The minimum Gasteiger partial charge on any atom is -0.479 e. The van der Waals surface area contributed by atoms with Gasteiger partial charge in [0.2, 0.25) is 0 Å². The Kier molecular flexibility index (Phi) is 6.84. The first-order valence-corrected chi connectivity index (χ1v) is 10.7. The van der Waals surface area contributed by atoms with Crippen LogP contribution in [-0.2, 0) is 9.53 Å². The highest BCUT2D eigenvalue weighted by molar-refractivity contribution is 5.93. The Hall–Kier alpha value is -4.24. The van der Waals surface area contributed by atoms with Gasteiger partial charge in [-0.15, -0.1) is 0 Å². The first-order chi connectivity index (χ1) is 16.4. The first-order valence-electron chi connectivity index (χ1n) is 10.7. The van der Waals surface area contributed by atoms with Crippen LogP contribution in [0.5, 0.6) is 0 Å². The van der Waals surface area contributed by atoms with Crippen LogP contribution in [0.3, 0.4) is 0 Å². The molecule has 4 rings (SSSR count). The Morgan fingerprint density at radius 2 is 1.62 bits per heavy atom. The number of aliphatic hydroxyl groups is 1. The molecule has 1 unspecified atom stereocenters. The average molecular weight is 461 g/mol. The predicted molar refractivity (Wildman–Crippen MR) is 124 cm³/mol. The normalized spacial score (nSPS) is 12.9. The monoisotopic (exact) mass is 461 g/mol. The third-order valence-corrected chi connectivity index (χ3v) is 5.57. The topological polar surface area (TPSA) is 138 Å². The molecule has 174 valence electrons. The van der Waals surface area contributed by atoms with E-state index in [0.29, 0.717) is 5.69 Å². The summed E-state index contributed by atoms with van der Waals surface area (Å²) in [6.07, 6.45) is -0.981. The number of carboxylic acids is 1. The molecule has 0 spiro atoms. The number of pyridine rings is 1. The SMILES string of the molecule is O=C(Nc1ccc(C(=O)NCCC(O)C(=O)O)nc1)OCC1c2ccccc2-c2ccccc21. The zero-order valence-electron chi connectivity index (χ0n) is 18.1. The van der Waals surface area contributed by atoms with Gasteiger partial charge in [-0.3, -0.25) is 10.1 Å². The predicted octanol–water partition coefficient (Wildman–Crippen LogP) is 3.01. The van der Waals surface area contributed by atoms with E-state index >= 15 is 0 Å². The van der Waals surface area contributed by atoms with E-state index in [2.05, 4.69) is 27.8 Å². The van der Waals surface area contributed by atoms with Crippen LogP contribution in [0.15, 0.2) is 66.9 Å². The summed E-state index contributed by atoms with van der Waals surface area (Å²) < 4.78 is 5.49. The molecule has 0 aliphatic heterocycles. The highest BCUT2D eigenvalue weighted by Gasteiger charge is 2.29. The fourth-order valence-corrected chi connectivity index (χ4v) is 3.89. The van der Waals surface area contributed by atoms with Gasteiger partial charge in [-0.05, 0) is 34.4 Å². The van der Waals surface area contributed by atoms with Crippen molar-refractivity contribution in [2.45, 2.75) is 18.4 Å². The number of aliphatic carboxylic acids is 1. The van der Waals surface area contributed by atoms with Gasteiger partial charge >= 0.3 is 12.1 Å². The van der Waals surface area contributed by atoms with Crippen molar-refractivity contribution in [2.75, 3.05) is 18.5 Å². The van der Waals surface area contributed by atoms with E-state index in [4.69, 9.17) is 9.84 Å². The van der Waals surface area contributed by atoms with E-state index in [1.165, 1.54) is 18.3 Å². The number of anilines is 1. The second-order valence-corrected chi connectivity index (χ2v) is 7.78. The van der Waals surface area contributed by atoms with Crippen LogP contribution in [0.2, 0.25) is 0 Å². The lowest BCUT2D eigenvalue weighted by molar-refractivity contribution is -0.146. The molecule has 34 heavy (non-hydrogen) atoms. The molecule has 0 bridgehead atoms. The average Bonchev–Trinajstić information content (AvgIpc) is 3.16. The van der Waals surface area contributed by atoms with E-state index in [0.717, 1.165) is 22.3 Å². The molecule has 2 aromatic carbocycles. The van der Waals surface area contributed by atoms with Crippen molar-refractivity contribution < 1.29 is 29.3 Å². The number of hydrogen-bond donors (Lipinski definition) is 4. The number of carboxylic acid groups (broad SMARTS) is 1. The van der Waals surface area contributed by atoms with Crippen molar-refractivity contribution in [2.24, 2.45) is 0 Å². The number of benzene rings is 2. The van der Waals surface area contributed by atoms with Crippen LogP contribution in [0.4, 0.5) is 10.5 Å². The molecule has 2 amide bonds. The Labute approximate surface area is 195 Å². The van der Waals surface area contributed by atoms with Gasteiger partial charge in [0.05, 0.1) is 11.9 Å². The summed E-state index contributed by atoms with van der Waals surface area (Å²) in [5, 5.41) is 22.9. The second kappa shape index (κ2) is 10.1. The molecular weight excluding hydrogens is 438 g/mol. The van der Waals surface area contributed by atoms with Crippen LogP contribution in [0.1, 0.15) is 34.0 Å². The van der Waals surface area contributed by atoms with Crippen LogP contribution in [0.25, 0.3) is 11.1 Å². The maximum Gasteiger partial charge on any atom is 0.411 e. The van der Waals surface area contributed by atoms with E-state index in [-0.39, 0.29) is 31.2 Å². The van der Waals surface area contributed by atoms with E-state index in [9.17, 15) is 19.5 Å². The number of fused-ring (bicyclic) bond motifs is 3. The standard InChI is InChI=1S/C25H23N3O6/c29-22(24(31)32)11-12-26-23(30)21-10-9-15(13-27-21)28-25(33)34-14-20-18-7-3-1-5-16(18)17-6-2-4-8-19(17)20/h1-10,13,20,22,29H,11-12,14H2,(H,26,30)(H,28,33)(H,31,32). The van der Waals surface area contributed by atoms with Crippen LogP contribution in [0, 0.1) is 0 Å². The molecule has 0 radical (unpaired) electrons. The molecule has 9 heteroatoms. The lowest BCUT2D eigenvalue weighted by Gasteiger charge is -2.14. The van der Waals surface area contributed by atoms with Gasteiger partial charge in [-0.1, -0.05) is 48.5 Å². The highest BCUT2D eigenvalue weighted by Crippen LogP contribution is 2.44. The number of rotatable bonds is 8. The molecule has 3 aromatic rings. The van der Waals surface area contributed by atoms with Crippen molar-refractivity contribution in [1.29, 1.82) is 0 Å². The molecule has 1 heterocycles. The van der Waals surface area contributed by atoms with Gasteiger partial charge < -0.3 is 20.3 Å². The number of nitrogens with one attached hydrogen (secondary N) is 2. The Balaban J connectivity index is 1.30. The Bertz CT molecular complexity index is 1170. The lowest BCUT2D eigenvalue weighted by Crippen LogP contribution is -2.30. The number of nitrogens with zero attached hydrogens (tertiary/aromatic N) is 1. The molecule has 9 nitrogen and oxygen atoms in total. The Morgan fingerprint density at radius 1 is 0.971 bits per heavy atom. The van der Waals surface area contributed by atoms with Gasteiger partial charge in [0.25, 0.3) is 5.91 Å². The van der Waals surface area contributed by atoms with Crippen LogP contribution >= 0.6 is 0 Å². The number of hydrogen-bond acceptors (Lipinski definition) is 6. The smallest absolute Gasteiger partial charge is 0.411 e. The zero-order valence-corrected chi connectivity index (χ0v) is 18.1. The minimum absolute atomic E-state index is 0.0201. The number of amides is 2. The van der Waals surface area contributed by atoms with Gasteiger partial charge in [0.15, 0.2) is 6.10 Å². The fraction of sp³-hybridized carbons (Fsp3) is 0.200. The summed E-state index contributed by atoms with van der Waals surface area (Å²) in [4.78, 5) is 39.0. The lowest BCUT2D eigenvalue weighted by atomic mass is 9.98. The third-order valence-electron chi connectivity index (χ3n) is 5.57. The first kappa shape index (κ1) is 22.9. The number of ether oxygens (including phenoxy) is 1. The maximum atomic E-state index is 12.4. The molecular formula is C25H23N3O6. The third kappa shape index (κ3) is 5.05. The maximum absolute atomic E-state index is 12.4. The number of aliphatic hydroxyl groups excluding tert-OH is 1. The summed E-state index contributed by atoms with van der Waals surface area (Å²) in [5.74, 6) is -1.93. The molecule has 1 aliphatic carbocycles. The molecule has 1 atom stereocenters. The largest absolute Gasteiger partial charge is 0.479 e. The fourth-order valence-electron chi connectivity index (χ4n) is 3.89. The highest BCUT2D eigenvalue weighted by atomic mass is 16.5. The molecule has 1 aromatic heterocycles. The summed E-state index contributed by atoms with van der Waals surface area (Å²) >= 11 is 0. The van der Waals surface area contributed by atoms with Crippen molar-refractivity contribution in [3.8, 4) is 11.1 Å². The molecule has 1 aliphatic rings. The molecule has 0 fully saturated rings. The van der Waals surface area contributed by atoms with Gasteiger partial charge in [0.1, 0.15) is 12.3 Å². The number of carbonyl (C=O) groups is 3. The zero-order chi connectivity index (χ0) is 24.1. The van der Waals surface area contributed by atoms with Crippen molar-refractivity contribution in [3.63, 3.8) is 0 Å². The number of carbonyl (C=O) groups excluding carboxylic acids is 2.